The molecule has 23 heavy (non-hydrogen) atoms. The third-order valence-corrected chi connectivity index (χ3v) is 5.09. The highest BCUT2D eigenvalue weighted by molar-refractivity contribution is 9.11. The summed E-state index contributed by atoms with van der Waals surface area (Å²) in [7, 11) is 1.53. The second kappa shape index (κ2) is 6.26. The molecule has 3 rings (SSSR count). The van der Waals surface area contributed by atoms with E-state index in [0.717, 1.165) is 0 Å². The molecule has 0 radical (unpaired) electrons. The van der Waals surface area contributed by atoms with Crippen LogP contribution in [0.25, 0.3) is 6.08 Å². The highest BCUT2D eigenvalue weighted by Gasteiger charge is 2.32. The number of ketones is 1. The summed E-state index contributed by atoms with van der Waals surface area (Å²) >= 11 is 9.96. The van der Waals surface area contributed by atoms with Crippen LogP contribution < -0.4 is 9.47 Å². The molecule has 1 N–H and O–H groups in total. The Morgan fingerprint density at radius 1 is 1.26 bits per heavy atom. The number of fused-ring (bicyclic) bond motifs is 1. The number of aromatic hydroxyl groups is 1. The summed E-state index contributed by atoms with van der Waals surface area (Å²) < 4.78 is 12.6. The molecule has 1 aromatic heterocycles. The summed E-state index contributed by atoms with van der Waals surface area (Å²) in [5, 5.41) is 9.47. The molecule has 1 aromatic carbocycles. The average Bonchev–Trinajstić information content (AvgIpc) is 2.81. The molecule has 1 aliphatic rings. The molecule has 0 amide bonds. The molecule has 1 aliphatic heterocycles. The van der Waals surface area contributed by atoms with Gasteiger partial charge in [-0.15, -0.1) is 0 Å². The van der Waals surface area contributed by atoms with Gasteiger partial charge in [0.25, 0.3) is 0 Å². The van der Waals surface area contributed by atoms with Crippen molar-refractivity contribution < 1.29 is 19.4 Å². The highest BCUT2D eigenvalue weighted by atomic mass is 79.9. The fourth-order valence-electron chi connectivity index (χ4n) is 2.08. The van der Waals surface area contributed by atoms with Crippen molar-refractivity contribution in [1.29, 1.82) is 0 Å². The molecule has 2 heterocycles. The molecule has 0 aliphatic carbocycles. The van der Waals surface area contributed by atoms with Crippen LogP contribution >= 0.6 is 47.8 Å². The Morgan fingerprint density at radius 3 is 2.65 bits per heavy atom. The van der Waals surface area contributed by atoms with Crippen molar-refractivity contribution in [2.45, 2.75) is 0 Å². The first-order chi connectivity index (χ1) is 10.9. The van der Waals surface area contributed by atoms with Gasteiger partial charge in [0.05, 0.1) is 33.5 Å². The second-order valence-corrected chi connectivity index (χ2v) is 7.08. The van der Waals surface area contributed by atoms with Crippen molar-refractivity contribution in [2.75, 3.05) is 7.11 Å². The molecule has 0 atom stereocenters. The number of rotatable bonds is 2. The summed E-state index contributed by atoms with van der Waals surface area (Å²) in [4.78, 5) is 16.5. The predicted octanol–water partition coefficient (Wildman–Crippen LogP) is 4.70. The molecule has 0 saturated heterocycles. The van der Waals surface area contributed by atoms with Gasteiger partial charge >= 0.3 is 0 Å². The number of hydrogen-bond acceptors (Lipinski definition) is 5. The maximum absolute atomic E-state index is 12.5. The Morgan fingerprint density at radius 2 is 2.00 bits per heavy atom. The van der Waals surface area contributed by atoms with E-state index in [2.05, 4.69) is 52.8 Å². The van der Waals surface area contributed by atoms with E-state index in [-0.39, 0.29) is 17.3 Å². The van der Waals surface area contributed by atoms with E-state index in [9.17, 15) is 9.90 Å². The van der Waals surface area contributed by atoms with E-state index in [4.69, 9.17) is 9.47 Å². The van der Waals surface area contributed by atoms with Gasteiger partial charge < -0.3 is 14.6 Å². The Hall–Kier alpha value is -1.38. The highest BCUT2D eigenvalue weighted by Crippen LogP contribution is 2.47. The van der Waals surface area contributed by atoms with Gasteiger partial charge in [0, 0.05) is 6.08 Å². The van der Waals surface area contributed by atoms with Gasteiger partial charge in [-0.3, -0.25) is 9.78 Å². The van der Waals surface area contributed by atoms with Crippen LogP contribution in [0.5, 0.6) is 17.2 Å². The van der Waals surface area contributed by atoms with Gasteiger partial charge in [0.1, 0.15) is 10.2 Å². The number of nitrogens with zero attached hydrogens (tertiary/aromatic N) is 1. The fraction of sp³-hybridized carbons (Fsp3) is 0.0667. The van der Waals surface area contributed by atoms with Gasteiger partial charge in [0.15, 0.2) is 17.3 Å². The Balaban J connectivity index is 2.05. The molecule has 0 bridgehead atoms. The number of benzene rings is 1. The normalized spacial score (nSPS) is 14.8. The van der Waals surface area contributed by atoms with Crippen LogP contribution in [0.1, 0.15) is 16.1 Å². The van der Waals surface area contributed by atoms with Crippen LogP contribution in [-0.4, -0.2) is 23.0 Å². The van der Waals surface area contributed by atoms with Crippen LogP contribution in [-0.2, 0) is 0 Å². The Bertz CT molecular complexity index is 864. The molecule has 118 valence electrons. The van der Waals surface area contributed by atoms with Crippen molar-refractivity contribution in [3.05, 3.63) is 48.8 Å². The van der Waals surface area contributed by atoms with Gasteiger partial charge in [-0.25, -0.2) is 0 Å². The van der Waals surface area contributed by atoms with Gasteiger partial charge in [-0.2, -0.15) is 0 Å². The third-order valence-electron chi connectivity index (χ3n) is 3.15. The van der Waals surface area contributed by atoms with E-state index in [1.165, 1.54) is 19.4 Å². The number of carbonyl (C=O) groups excluding carboxylic acids is 1. The molecule has 5 nitrogen and oxygen atoms in total. The minimum atomic E-state index is -0.255. The van der Waals surface area contributed by atoms with Crippen molar-refractivity contribution in [2.24, 2.45) is 0 Å². The molecular weight excluding hydrogens is 498 g/mol. The maximum atomic E-state index is 12.5. The summed E-state index contributed by atoms with van der Waals surface area (Å²) in [6.07, 6.45) is 2.80. The number of Topliss-reactive ketones (excluding diaryl/α,β-unsaturated/α-hetero) is 1. The zero-order chi connectivity index (χ0) is 16.7. The van der Waals surface area contributed by atoms with Crippen LogP contribution in [0.3, 0.4) is 0 Å². The summed E-state index contributed by atoms with van der Waals surface area (Å²) in [6, 6.07) is 3.25. The van der Waals surface area contributed by atoms with Crippen molar-refractivity contribution in [1.82, 2.24) is 4.98 Å². The number of allylic oxidation sites excluding steroid dienone is 1. The van der Waals surface area contributed by atoms with E-state index in [1.807, 2.05) is 0 Å². The lowest BCUT2D eigenvalue weighted by Gasteiger charge is -2.08. The van der Waals surface area contributed by atoms with Crippen LogP contribution in [0, 0.1) is 0 Å². The van der Waals surface area contributed by atoms with Crippen molar-refractivity contribution >= 4 is 59.6 Å². The molecule has 0 saturated carbocycles. The van der Waals surface area contributed by atoms with Crippen molar-refractivity contribution in [3.8, 4) is 17.2 Å². The predicted molar refractivity (Wildman–Crippen MR) is 94.9 cm³/mol. The zero-order valence-electron chi connectivity index (χ0n) is 11.6. The lowest BCUT2D eigenvalue weighted by Crippen LogP contribution is -1.98. The van der Waals surface area contributed by atoms with Crippen LogP contribution in [0.2, 0.25) is 0 Å². The first kappa shape index (κ1) is 16.5. The molecule has 0 spiro atoms. The number of ether oxygens (including phenoxy) is 2. The number of methoxy groups -OCH3 is 1. The third kappa shape index (κ3) is 2.90. The zero-order valence-corrected chi connectivity index (χ0v) is 16.3. The quantitative estimate of drug-likeness (QED) is 0.599. The smallest absolute Gasteiger partial charge is 0.232 e. The first-order valence-electron chi connectivity index (χ1n) is 6.27. The number of carbonyl (C=O) groups is 1. The molecule has 8 heteroatoms. The topological polar surface area (TPSA) is 68.7 Å². The monoisotopic (exact) mass is 503 g/mol. The molecule has 0 unspecified atom stereocenters. The first-order valence-corrected chi connectivity index (χ1v) is 8.65. The maximum Gasteiger partial charge on any atom is 0.232 e. The average molecular weight is 506 g/mol. The fourth-order valence-corrected chi connectivity index (χ4v) is 3.94. The standard InChI is InChI=1S/C15H8Br3NO4/c1-22-15-9(17)4-7-13(21)11(23-14(7)12(15)18)3-6-2-8(16)10(20)5-19-6/h2-5,20H,1H3/b11-3-. The van der Waals surface area contributed by atoms with E-state index < -0.39 is 0 Å². The van der Waals surface area contributed by atoms with Crippen LogP contribution in [0.15, 0.2) is 37.5 Å². The molecule has 2 aromatic rings. The van der Waals surface area contributed by atoms with E-state index in [0.29, 0.717) is 36.2 Å². The summed E-state index contributed by atoms with van der Waals surface area (Å²) in [5.41, 5.74) is 0.904. The summed E-state index contributed by atoms with van der Waals surface area (Å²) in [6.45, 7) is 0. The number of hydrogen-bond donors (Lipinski definition) is 1. The lowest BCUT2D eigenvalue weighted by molar-refractivity contribution is 0.101. The van der Waals surface area contributed by atoms with E-state index >= 15 is 0 Å². The summed E-state index contributed by atoms with van der Waals surface area (Å²) in [5.74, 6) is 0.856. The lowest BCUT2D eigenvalue weighted by atomic mass is 10.1. The SMILES string of the molecule is COc1c(Br)cc2c(c1Br)O/C(=C\c1cc(Br)c(O)cn1)C2=O. The Labute approximate surface area is 156 Å². The Kier molecular flexibility index (Phi) is 4.48. The van der Waals surface area contributed by atoms with E-state index in [1.54, 1.807) is 12.1 Å². The van der Waals surface area contributed by atoms with Crippen LogP contribution in [0.4, 0.5) is 0 Å². The largest absolute Gasteiger partial charge is 0.505 e. The number of pyridine rings is 1. The van der Waals surface area contributed by atoms with Gasteiger partial charge in [-0.05, 0) is 59.9 Å². The van der Waals surface area contributed by atoms with Crippen molar-refractivity contribution in [3.63, 3.8) is 0 Å². The molecular formula is C15H8Br3NO4. The number of halogens is 3. The minimum Gasteiger partial charge on any atom is -0.505 e. The second-order valence-electron chi connectivity index (χ2n) is 4.58. The van der Waals surface area contributed by atoms with Gasteiger partial charge in [-0.1, -0.05) is 0 Å². The minimum absolute atomic E-state index is 0.0190. The number of aromatic nitrogens is 1. The molecule has 0 fully saturated rings. The van der Waals surface area contributed by atoms with Gasteiger partial charge in [0.2, 0.25) is 5.78 Å².